The van der Waals surface area contributed by atoms with Gasteiger partial charge < -0.3 is 28.4 Å². The van der Waals surface area contributed by atoms with Gasteiger partial charge in [-0.15, -0.1) is 0 Å². The molecule has 8 nitrogen and oxygen atoms in total. The number of carbonyl (C=O) groups excluding carboxylic acids is 2. The Morgan fingerprint density at radius 2 is 1.34 bits per heavy atom. The number of rotatable bonds is 16. The molecular formula is C30H46O8. The molecule has 0 saturated heterocycles. The Kier molecular flexibility index (Phi) is 15.0. The standard InChI is InChI=1S/C30H46O8/c1-9-17-30(7,8)24-18-26(35-20-37-28(31)33-10-2)25(16-15-23(6)14-12-13-22(4)5)27(19-24)36-21-38-29(32)34-11-3/h13,15,18-19H,9-12,14,16-17,20-21H2,1-8H3/b23-15+. The smallest absolute Gasteiger partial charge is 0.457 e. The molecule has 0 fully saturated rings. The molecule has 1 rings (SSSR count). The Balaban J connectivity index is 3.38. The van der Waals surface area contributed by atoms with Gasteiger partial charge in [-0.2, -0.15) is 0 Å². The molecule has 0 N–H and O–H groups in total. The van der Waals surface area contributed by atoms with Crippen LogP contribution in [-0.2, 0) is 30.8 Å². The fourth-order valence-electron chi connectivity index (χ4n) is 3.81. The van der Waals surface area contributed by atoms with Crippen molar-refractivity contribution < 1.29 is 38.0 Å². The average molecular weight is 535 g/mol. The number of hydrogen-bond acceptors (Lipinski definition) is 8. The first-order valence-corrected chi connectivity index (χ1v) is 13.3. The highest BCUT2D eigenvalue weighted by Gasteiger charge is 2.24. The Hall–Kier alpha value is -3.16. The van der Waals surface area contributed by atoms with Crippen molar-refractivity contribution in [1.82, 2.24) is 0 Å². The van der Waals surface area contributed by atoms with Crippen LogP contribution in [0.3, 0.4) is 0 Å². The quantitative estimate of drug-likeness (QED) is 0.120. The second kappa shape index (κ2) is 17.4. The summed E-state index contributed by atoms with van der Waals surface area (Å²) in [5, 5.41) is 0. The van der Waals surface area contributed by atoms with E-state index in [1.807, 2.05) is 12.1 Å². The molecule has 0 radical (unpaired) electrons. The van der Waals surface area contributed by atoms with E-state index in [4.69, 9.17) is 28.4 Å². The molecule has 38 heavy (non-hydrogen) atoms. The van der Waals surface area contributed by atoms with E-state index in [-0.39, 0.29) is 32.2 Å². The van der Waals surface area contributed by atoms with Crippen LogP contribution < -0.4 is 9.47 Å². The Bertz CT molecular complexity index is 897. The second-order valence-corrected chi connectivity index (χ2v) is 9.84. The molecule has 0 aliphatic rings. The minimum atomic E-state index is -0.800. The number of hydrogen-bond donors (Lipinski definition) is 0. The lowest BCUT2D eigenvalue weighted by molar-refractivity contribution is 0.00457. The summed E-state index contributed by atoms with van der Waals surface area (Å²) >= 11 is 0. The molecule has 1 aromatic carbocycles. The van der Waals surface area contributed by atoms with Gasteiger partial charge >= 0.3 is 12.3 Å². The number of carbonyl (C=O) groups is 2. The summed E-state index contributed by atoms with van der Waals surface area (Å²) in [5.74, 6) is 1.05. The van der Waals surface area contributed by atoms with Crippen LogP contribution in [0.25, 0.3) is 0 Å². The Morgan fingerprint density at radius 3 is 1.79 bits per heavy atom. The lowest BCUT2D eigenvalue weighted by Crippen LogP contribution is -2.19. The summed E-state index contributed by atoms with van der Waals surface area (Å²) in [6, 6.07) is 3.93. The van der Waals surface area contributed by atoms with Gasteiger partial charge in [0.15, 0.2) is 0 Å². The summed E-state index contributed by atoms with van der Waals surface area (Å²) in [6.45, 7) is 15.9. The third-order valence-corrected chi connectivity index (χ3v) is 5.88. The van der Waals surface area contributed by atoms with Gasteiger partial charge in [0.05, 0.1) is 13.2 Å². The molecule has 0 heterocycles. The Labute approximate surface area is 228 Å². The van der Waals surface area contributed by atoms with Gasteiger partial charge in [0.2, 0.25) is 13.6 Å². The summed E-state index contributed by atoms with van der Waals surface area (Å²) in [6.07, 6.45) is 7.07. The van der Waals surface area contributed by atoms with Gasteiger partial charge in [0, 0.05) is 5.56 Å². The van der Waals surface area contributed by atoms with Crippen molar-refractivity contribution in [2.24, 2.45) is 0 Å². The van der Waals surface area contributed by atoms with Gasteiger partial charge in [-0.05, 0) is 83.4 Å². The minimum Gasteiger partial charge on any atom is -0.457 e. The van der Waals surface area contributed by atoms with Crippen molar-refractivity contribution in [3.8, 4) is 11.5 Å². The van der Waals surface area contributed by atoms with Crippen molar-refractivity contribution in [2.45, 2.75) is 92.9 Å². The summed E-state index contributed by atoms with van der Waals surface area (Å²) < 4.78 is 31.7. The first kappa shape index (κ1) is 32.9. The first-order chi connectivity index (χ1) is 18.0. The van der Waals surface area contributed by atoms with Crippen LogP contribution in [0.1, 0.15) is 92.2 Å². The lowest BCUT2D eigenvalue weighted by atomic mass is 9.80. The van der Waals surface area contributed by atoms with E-state index in [1.165, 1.54) is 11.1 Å². The maximum Gasteiger partial charge on any atom is 0.511 e. The van der Waals surface area contributed by atoms with E-state index in [0.29, 0.717) is 17.9 Å². The SMILES string of the molecule is CCCC(C)(C)c1cc(OCOC(=O)OCC)c(C/C=C(\C)CCC=C(C)C)c(OCOC(=O)OCC)c1. The average Bonchev–Trinajstić information content (AvgIpc) is 2.83. The molecule has 0 aliphatic heterocycles. The molecule has 214 valence electrons. The number of benzene rings is 1. The number of allylic oxidation sites excluding steroid dienone is 4. The van der Waals surface area contributed by atoms with E-state index < -0.39 is 12.3 Å². The predicted octanol–water partition coefficient (Wildman–Crippen LogP) is 8.02. The molecule has 0 aliphatic carbocycles. The zero-order valence-electron chi connectivity index (χ0n) is 24.4. The lowest BCUT2D eigenvalue weighted by Gasteiger charge is -2.27. The van der Waals surface area contributed by atoms with Crippen LogP contribution in [0.5, 0.6) is 11.5 Å². The third kappa shape index (κ3) is 12.4. The molecule has 0 saturated carbocycles. The predicted molar refractivity (Wildman–Crippen MR) is 148 cm³/mol. The second-order valence-electron chi connectivity index (χ2n) is 9.84. The highest BCUT2D eigenvalue weighted by molar-refractivity contribution is 5.60. The summed E-state index contributed by atoms with van der Waals surface area (Å²) in [4.78, 5) is 23.4. The van der Waals surface area contributed by atoms with E-state index in [1.54, 1.807) is 13.8 Å². The van der Waals surface area contributed by atoms with Crippen molar-refractivity contribution in [2.75, 3.05) is 26.8 Å². The van der Waals surface area contributed by atoms with Gasteiger partial charge in [0.25, 0.3) is 0 Å². The topological polar surface area (TPSA) is 89.5 Å². The van der Waals surface area contributed by atoms with E-state index in [9.17, 15) is 9.59 Å². The van der Waals surface area contributed by atoms with Crippen LogP contribution in [0.2, 0.25) is 0 Å². The van der Waals surface area contributed by atoms with Crippen LogP contribution >= 0.6 is 0 Å². The van der Waals surface area contributed by atoms with Crippen molar-refractivity contribution in [1.29, 1.82) is 0 Å². The fourth-order valence-corrected chi connectivity index (χ4v) is 3.81. The molecule has 0 amide bonds. The van der Waals surface area contributed by atoms with E-state index >= 15 is 0 Å². The van der Waals surface area contributed by atoms with Gasteiger partial charge in [0.1, 0.15) is 11.5 Å². The molecule has 0 bridgehead atoms. The molecule has 0 spiro atoms. The van der Waals surface area contributed by atoms with Crippen molar-refractivity contribution >= 4 is 12.3 Å². The molecular weight excluding hydrogens is 488 g/mol. The zero-order chi connectivity index (χ0) is 28.6. The minimum absolute atomic E-state index is 0.177. The summed E-state index contributed by atoms with van der Waals surface area (Å²) in [7, 11) is 0. The van der Waals surface area contributed by atoms with Crippen molar-refractivity contribution in [3.05, 3.63) is 46.6 Å². The molecule has 8 heteroatoms. The maximum atomic E-state index is 11.7. The van der Waals surface area contributed by atoms with E-state index in [0.717, 1.165) is 36.8 Å². The first-order valence-electron chi connectivity index (χ1n) is 13.3. The van der Waals surface area contributed by atoms with Crippen LogP contribution in [0.4, 0.5) is 9.59 Å². The molecule has 0 atom stereocenters. The maximum absolute atomic E-state index is 11.7. The van der Waals surface area contributed by atoms with Crippen LogP contribution in [-0.4, -0.2) is 39.1 Å². The van der Waals surface area contributed by atoms with Crippen LogP contribution in [0.15, 0.2) is 35.4 Å². The summed E-state index contributed by atoms with van der Waals surface area (Å²) in [5.41, 5.74) is 4.08. The molecule has 0 unspecified atom stereocenters. The molecule has 1 aromatic rings. The highest BCUT2D eigenvalue weighted by Crippen LogP contribution is 2.38. The highest BCUT2D eigenvalue weighted by atomic mass is 16.8. The van der Waals surface area contributed by atoms with Gasteiger partial charge in [-0.1, -0.05) is 50.5 Å². The van der Waals surface area contributed by atoms with Gasteiger partial charge in [-0.3, -0.25) is 0 Å². The zero-order valence-corrected chi connectivity index (χ0v) is 24.4. The normalized spacial score (nSPS) is 11.4. The third-order valence-electron chi connectivity index (χ3n) is 5.88. The molecule has 0 aromatic heterocycles. The van der Waals surface area contributed by atoms with Gasteiger partial charge in [-0.25, -0.2) is 9.59 Å². The Morgan fingerprint density at radius 1 is 0.816 bits per heavy atom. The number of ether oxygens (including phenoxy) is 6. The largest absolute Gasteiger partial charge is 0.511 e. The monoisotopic (exact) mass is 534 g/mol. The van der Waals surface area contributed by atoms with Crippen LogP contribution in [0, 0.1) is 0 Å². The fraction of sp³-hybridized carbons (Fsp3) is 0.600. The van der Waals surface area contributed by atoms with E-state index in [2.05, 4.69) is 53.7 Å². The van der Waals surface area contributed by atoms with Crippen molar-refractivity contribution in [3.63, 3.8) is 0 Å².